The van der Waals surface area contributed by atoms with Crippen LogP contribution in [0.3, 0.4) is 0 Å². The van der Waals surface area contributed by atoms with E-state index in [-0.39, 0.29) is 24.0 Å². The summed E-state index contributed by atoms with van der Waals surface area (Å²) in [4.78, 5) is 0. The fourth-order valence-corrected chi connectivity index (χ4v) is 4.03. The minimum Gasteiger partial charge on any atom is -0.491 e. The van der Waals surface area contributed by atoms with Crippen LogP contribution in [0.15, 0.2) is 24.3 Å². The van der Waals surface area contributed by atoms with Gasteiger partial charge in [-0.1, -0.05) is 18.2 Å². The standard InChI is InChI=1S/C13H18O4S/c1-10-4-2-3-5-13(10)17-8-12(14)11-6-7-18(15,16)9-11/h2-5,11-12,14H,6-9H2,1H3. The van der Waals surface area contributed by atoms with E-state index in [4.69, 9.17) is 4.74 Å². The molecule has 0 amide bonds. The predicted molar refractivity (Wildman–Crippen MR) is 69.4 cm³/mol. The summed E-state index contributed by atoms with van der Waals surface area (Å²) in [6.45, 7) is 2.08. The smallest absolute Gasteiger partial charge is 0.150 e. The second-order valence-corrected chi connectivity index (χ2v) is 7.04. The van der Waals surface area contributed by atoms with Crippen molar-refractivity contribution in [1.82, 2.24) is 0 Å². The first-order chi connectivity index (χ1) is 8.48. The summed E-state index contributed by atoms with van der Waals surface area (Å²) in [5.41, 5.74) is 1.00. The molecule has 1 aromatic rings. The maximum atomic E-state index is 11.3. The van der Waals surface area contributed by atoms with Crippen molar-refractivity contribution in [3.63, 3.8) is 0 Å². The van der Waals surface area contributed by atoms with Crippen LogP contribution in [0.25, 0.3) is 0 Å². The van der Waals surface area contributed by atoms with Crippen LogP contribution >= 0.6 is 0 Å². The highest BCUT2D eigenvalue weighted by atomic mass is 32.2. The lowest BCUT2D eigenvalue weighted by atomic mass is 10.0. The van der Waals surface area contributed by atoms with Crippen LogP contribution in [0.5, 0.6) is 5.75 Å². The first-order valence-electron chi connectivity index (χ1n) is 6.05. The van der Waals surface area contributed by atoms with E-state index in [0.717, 1.165) is 11.3 Å². The van der Waals surface area contributed by atoms with Crippen molar-refractivity contribution < 1.29 is 18.3 Å². The van der Waals surface area contributed by atoms with E-state index >= 15 is 0 Å². The molecule has 2 atom stereocenters. The summed E-state index contributed by atoms with van der Waals surface area (Å²) in [6.07, 6.45) is -0.192. The number of benzene rings is 1. The third kappa shape index (κ3) is 3.23. The van der Waals surface area contributed by atoms with Gasteiger partial charge in [0.1, 0.15) is 12.4 Å². The summed E-state index contributed by atoms with van der Waals surface area (Å²) in [5.74, 6) is 0.793. The maximum absolute atomic E-state index is 11.3. The Morgan fingerprint density at radius 1 is 1.44 bits per heavy atom. The topological polar surface area (TPSA) is 63.6 Å². The minimum absolute atomic E-state index is 0.0747. The van der Waals surface area contributed by atoms with Crippen molar-refractivity contribution in [1.29, 1.82) is 0 Å². The number of para-hydroxylation sites is 1. The molecule has 5 heteroatoms. The SMILES string of the molecule is Cc1ccccc1OCC(O)C1CCS(=O)(=O)C1. The van der Waals surface area contributed by atoms with E-state index in [1.54, 1.807) is 0 Å². The Morgan fingerprint density at radius 3 is 2.78 bits per heavy atom. The zero-order valence-corrected chi connectivity index (χ0v) is 11.2. The quantitative estimate of drug-likeness (QED) is 0.892. The normalized spacial score (nSPS) is 23.8. The van der Waals surface area contributed by atoms with Gasteiger partial charge in [-0.3, -0.25) is 0 Å². The third-order valence-corrected chi connectivity index (χ3v) is 5.11. The first-order valence-corrected chi connectivity index (χ1v) is 7.87. The van der Waals surface area contributed by atoms with Gasteiger partial charge in [0, 0.05) is 5.92 Å². The molecule has 1 aromatic carbocycles. The zero-order valence-electron chi connectivity index (χ0n) is 10.4. The van der Waals surface area contributed by atoms with Crippen molar-refractivity contribution in [2.24, 2.45) is 5.92 Å². The molecule has 100 valence electrons. The van der Waals surface area contributed by atoms with Gasteiger partial charge >= 0.3 is 0 Å². The molecule has 1 aliphatic heterocycles. The Labute approximate surface area is 108 Å². The lowest BCUT2D eigenvalue weighted by molar-refractivity contribution is 0.0658. The van der Waals surface area contributed by atoms with Gasteiger partial charge in [0.25, 0.3) is 0 Å². The Hall–Kier alpha value is -1.07. The summed E-state index contributed by atoms with van der Waals surface area (Å²) in [5, 5.41) is 9.94. The highest BCUT2D eigenvalue weighted by molar-refractivity contribution is 7.91. The third-order valence-electron chi connectivity index (χ3n) is 3.31. The van der Waals surface area contributed by atoms with Gasteiger partial charge in [-0.25, -0.2) is 8.42 Å². The number of aliphatic hydroxyl groups is 1. The van der Waals surface area contributed by atoms with Crippen molar-refractivity contribution in [2.45, 2.75) is 19.4 Å². The van der Waals surface area contributed by atoms with Gasteiger partial charge in [0.2, 0.25) is 0 Å². The summed E-state index contributed by atoms with van der Waals surface area (Å²) < 4.78 is 28.2. The maximum Gasteiger partial charge on any atom is 0.150 e. The van der Waals surface area contributed by atoms with E-state index in [1.807, 2.05) is 31.2 Å². The Bertz CT molecular complexity index is 509. The van der Waals surface area contributed by atoms with E-state index < -0.39 is 15.9 Å². The van der Waals surface area contributed by atoms with Gasteiger partial charge in [0.15, 0.2) is 9.84 Å². The largest absolute Gasteiger partial charge is 0.491 e. The highest BCUT2D eigenvalue weighted by Crippen LogP contribution is 2.23. The molecule has 0 aromatic heterocycles. The van der Waals surface area contributed by atoms with Gasteiger partial charge < -0.3 is 9.84 Å². The second-order valence-electron chi connectivity index (χ2n) is 4.81. The van der Waals surface area contributed by atoms with Crippen molar-refractivity contribution in [2.75, 3.05) is 18.1 Å². The van der Waals surface area contributed by atoms with Gasteiger partial charge in [0.05, 0.1) is 17.6 Å². The van der Waals surface area contributed by atoms with Crippen molar-refractivity contribution >= 4 is 9.84 Å². The molecular formula is C13H18O4S. The number of hydrogen-bond donors (Lipinski definition) is 1. The molecular weight excluding hydrogens is 252 g/mol. The van der Waals surface area contributed by atoms with E-state index in [0.29, 0.717) is 6.42 Å². The number of ether oxygens (including phenoxy) is 1. The molecule has 0 aliphatic carbocycles. The first kappa shape index (κ1) is 13.4. The molecule has 1 N–H and O–H groups in total. The molecule has 18 heavy (non-hydrogen) atoms. The molecule has 2 rings (SSSR count). The average Bonchev–Trinajstić information content (AvgIpc) is 2.68. The highest BCUT2D eigenvalue weighted by Gasteiger charge is 2.33. The number of hydrogen-bond acceptors (Lipinski definition) is 4. The fraction of sp³-hybridized carbons (Fsp3) is 0.538. The molecule has 1 saturated heterocycles. The molecule has 1 heterocycles. The zero-order chi connectivity index (χ0) is 13.2. The molecule has 2 unspecified atom stereocenters. The van der Waals surface area contributed by atoms with Gasteiger partial charge in [-0.15, -0.1) is 0 Å². The number of sulfone groups is 1. The van der Waals surface area contributed by atoms with Crippen molar-refractivity contribution in [3.05, 3.63) is 29.8 Å². The van der Waals surface area contributed by atoms with Crippen LogP contribution in [0.4, 0.5) is 0 Å². The van der Waals surface area contributed by atoms with Crippen LogP contribution in [0.2, 0.25) is 0 Å². The molecule has 0 saturated carbocycles. The van der Waals surface area contributed by atoms with Crippen LogP contribution in [-0.4, -0.2) is 37.7 Å². The van der Waals surface area contributed by atoms with Crippen LogP contribution in [-0.2, 0) is 9.84 Å². The summed E-state index contributed by atoms with van der Waals surface area (Å²) in [7, 11) is -2.95. The lowest BCUT2D eigenvalue weighted by Crippen LogP contribution is -2.28. The molecule has 0 spiro atoms. The molecule has 4 nitrogen and oxygen atoms in total. The monoisotopic (exact) mass is 270 g/mol. The summed E-state index contributed by atoms with van der Waals surface area (Å²) in [6, 6.07) is 7.56. The van der Waals surface area contributed by atoms with E-state index in [9.17, 15) is 13.5 Å². The van der Waals surface area contributed by atoms with Gasteiger partial charge in [-0.05, 0) is 25.0 Å². The van der Waals surface area contributed by atoms with Crippen LogP contribution in [0, 0.1) is 12.8 Å². The average molecular weight is 270 g/mol. The second kappa shape index (κ2) is 5.28. The molecule has 0 radical (unpaired) electrons. The predicted octanol–water partition coefficient (Wildman–Crippen LogP) is 1.17. The van der Waals surface area contributed by atoms with E-state index in [2.05, 4.69) is 0 Å². The Morgan fingerprint density at radius 2 is 2.17 bits per heavy atom. The van der Waals surface area contributed by atoms with Gasteiger partial charge in [-0.2, -0.15) is 0 Å². The fourth-order valence-electron chi connectivity index (χ4n) is 2.16. The number of aryl methyl sites for hydroxylation is 1. The minimum atomic E-state index is -2.95. The molecule has 1 aliphatic rings. The molecule has 1 fully saturated rings. The van der Waals surface area contributed by atoms with E-state index in [1.165, 1.54) is 0 Å². The number of aliphatic hydroxyl groups excluding tert-OH is 1. The van der Waals surface area contributed by atoms with Crippen molar-refractivity contribution in [3.8, 4) is 5.75 Å². The van der Waals surface area contributed by atoms with Crippen LogP contribution in [0.1, 0.15) is 12.0 Å². The number of rotatable bonds is 4. The Balaban J connectivity index is 1.89. The Kier molecular flexibility index (Phi) is 3.92. The summed E-state index contributed by atoms with van der Waals surface area (Å²) >= 11 is 0. The lowest BCUT2D eigenvalue weighted by Gasteiger charge is -2.18. The molecule has 0 bridgehead atoms. The van der Waals surface area contributed by atoms with Crippen LogP contribution < -0.4 is 4.74 Å².